The van der Waals surface area contributed by atoms with Crippen molar-refractivity contribution in [3.63, 3.8) is 0 Å². The van der Waals surface area contributed by atoms with Crippen LogP contribution in [0.1, 0.15) is 64.6 Å². The molecular weight excluding hydrogens is 407 g/mol. The molecule has 1 aliphatic rings. The lowest BCUT2D eigenvalue weighted by molar-refractivity contribution is 0.0307. The molecule has 0 bridgehead atoms. The van der Waals surface area contributed by atoms with Gasteiger partial charge in [-0.3, -0.25) is 15.0 Å². The molecule has 0 saturated heterocycles. The van der Waals surface area contributed by atoms with Gasteiger partial charge in [0.1, 0.15) is 12.4 Å². The number of benzene rings is 2. The largest absolute Gasteiger partial charge is 0.495 e. The third kappa shape index (κ3) is 4.81. The molecule has 0 aliphatic carbocycles. The maximum atomic E-state index is 13.5. The number of hydrogen-bond acceptors (Lipinski definition) is 5. The molecule has 0 atom stereocenters. The summed E-state index contributed by atoms with van der Waals surface area (Å²) in [6, 6.07) is 8.88. The van der Waals surface area contributed by atoms with Gasteiger partial charge in [0.05, 0.1) is 12.1 Å². The van der Waals surface area contributed by atoms with Crippen molar-refractivity contribution in [2.75, 3.05) is 13.2 Å². The summed E-state index contributed by atoms with van der Waals surface area (Å²) in [4.78, 5) is 26.8. The molecule has 0 radical (unpaired) electrons. The van der Waals surface area contributed by atoms with Crippen molar-refractivity contribution < 1.29 is 24.0 Å². The fourth-order valence-corrected chi connectivity index (χ4v) is 3.76. The van der Waals surface area contributed by atoms with Crippen LogP contribution < -0.4 is 15.6 Å². The predicted octanol–water partition coefficient (Wildman–Crippen LogP) is 2.68. The Balaban J connectivity index is 1.96. The molecule has 32 heavy (non-hydrogen) atoms. The Morgan fingerprint density at radius 2 is 1.78 bits per heavy atom. The van der Waals surface area contributed by atoms with Crippen molar-refractivity contribution in [1.82, 2.24) is 10.4 Å². The molecule has 2 aromatic rings. The van der Waals surface area contributed by atoms with Gasteiger partial charge in [0.2, 0.25) is 0 Å². The second-order valence-electron chi connectivity index (χ2n) is 8.85. The number of amides is 2. The van der Waals surface area contributed by atoms with Crippen molar-refractivity contribution in [2.45, 2.75) is 53.5 Å². The maximum absolute atomic E-state index is 13.5. The van der Waals surface area contributed by atoms with Crippen LogP contribution in [0.4, 0.5) is 0 Å². The summed E-state index contributed by atoms with van der Waals surface area (Å²) < 4.78 is 11.0. The zero-order valence-corrected chi connectivity index (χ0v) is 19.6. The summed E-state index contributed by atoms with van der Waals surface area (Å²) >= 11 is 0. The van der Waals surface area contributed by atoms with E-state index in [9.17, 15) is 14.6 Å². The minimum absolute atomic E-state index is 0.250. The normalized spacial score (nSPS) is 13.7. The third-order valence-corrected chi connectivity index (χ3v) is 5.91. The summed E-state index contributed by atoms with van der Waals surface area (Å²) in [7, 11) is -1.11. The molecule has 2 aromatic carbocycles. The molecule has 0 spiro atoms. The van der Waals surface area contributed by atoms with E-state index in [4.69, 9.17) is 9.39 Å². The van der Waals surface area contributed by atoms with Gasteiger partial charge < -0.3 is 14.4 Å². The molecule has 0 fully saturated rings. The number of nitrogens with one attached hydrogen (secondary N) is 1. The first-order chi connectivity index (χ1) is 15.0. The molecule has 0 unspecified atom stereocenters. The highest BCUT2D eigenvalue weighted by Gasteiger charge is 2.34. The second-order valence-corrected chi connectivity index (χ2v) is 8.85. The van der Waals surface area contributed by atoms with Gasteiger partial charge in [0.25, 0.3) is 11.8 Å². The first kappa shape index (κ1) is 23.8. The summed E-state index contributed by atoms with van der Waals surface area (Å²) in [6.45, 7) is 12.0. The van der Waals surface area contributed by atoms with Crippen LogP contribution in [0.15, 0.2) is 30.3 Å². The van der Waals surface area contributed by atoms with Crippen LogP contribution in [0.5, 0.6) is 5.75 Å². The smallest absolute Gasteiger partial charge is 0.491 e. The van der Waals surface area contributed by atoms with Crippen molar-refractivity contribution in [2.24, 2.45) is 0 Å². The Hall–Kier alpha value is -2.84. The van der Waals surface area contributed by atoms with Crippen LogP contribution in [-0.2, 0) is 4.65 Å². The SMILES string of the molecule is CCC(C)(C)N(NC(=O)c1ccc2c(c1C)OCCOB2O)C(=O)c1cc(C)cc(C)c1. The average Bonchev–Trinajstić information content (AvgIpc) is 2.93. The third-order valence-electron chi connectivity index (χ3n) is 5.91. The lowest BCUT2D eigenvalue weighted by atomic mass is 9.77. The van der Waals surface area contributed by atoms with Crippen molar-refractivity contribution in [3.8, 4) is 5.75 Å². The molecule has 1 aliphatic heterocycles. The average molecular weight is 438 g/mol. The Morgan fingerprint density at radius 3 is 2.41 bits per heavy atom. The van der Waals surface area contributed by atoms with Gasteiger partial charge in [-0.05, 0) is 59.2 Å². The number of ether oxygens (including phenoxy) is 1. The van der Waals surface area contributed by atoms with E-state index in [-0.39, 0.29) is 19.1 Å². The number of hydrogen-bond donors (Lipinski definition) is 2. The van der Waals surface area contributed by atoms with E-state index in [1.807, 2.05) is 52.8 Å². The van der Waals surface area contributed by atoms with E-state index in [0.717, 1.165) is 11.1 Å². The standard InChI is InChI=1S/C24H31BN2O5/c1-7-24(5,6)27(23(29)18-13-15(2)12-16(3)14-18)26-22(28)19-8-9-20-21(17(19)4)31-10-11-32-25(20)30/h8-9,12-14,30H,7,10-11H2,1-6H3,(H,26,28). The van der Waals surface area contributed by atoms with E-state index in [2.05, 4.69) is 5.43 Å². The number of hydrazine groups is 1. The van der Waals surface area contributed by atoms with E-state index >= 15 is 0 Å². The summed E-state index contributed by atoms with van der Waals surface area (Å²) in [6.07, 6.45) is 0.639. The Morgan fingerprint density at radius 1 is 1.12 bits per heavy atom. The van der Waals surface area contributed by atoms with Crippen LogP contribution >= 0.6 is 0 Å². The molecule has 2 amide bonds. The molecule has 2 N–H and O–H groups in total. The predicted molar refractivity (Wildman–Crippen MR) is 124 cm³/mol. The fraction of sp³-hybridized carbons (Fsp3) is 0.417. The molecular formula is C24H31BN2O5. The molecule has 0 saturated carbocycles. The van der Waals surface area contributed by atoms with E-state index in [0.29, 0.717) is 34.3 Å². The monoisotopic (exact) mass is 438 g/mol. The second kappa shape index (κ2) is 9.34. The highest BCUT2D eigenvalue weighted by Crippen LogP contribution is 2.24. The molecule has 3 rings (SSSR count). The first-order valence-corrected chi connectivity index (χ1v) is 10.8. The molecule has 1 heterocycles. The Labute approximate surface area is 189 Å². The van der Waals surface area contributed by atoms with Gasteiger partial charge in [0, 0.05) is 22.2 Å². The summed E-state index contributed by atoms with van der Waals surface area (Å²) in [5.74, 6) is -0.262. The number of aryl methyl sites for hydroxylation is 2. The van der Waals surface area contributed by atoms with E-state index in [1.54, 1.807) is 19.1 Å². The van der Waals surface area contributed by atoms with Crippen LogP contribution in [0, 0.1) is 20.8 Å². The molecule has 8 heteroatoms. The minimum atomic E-state index is -1.11. The van der Waals surface area contributed by atoms with Crippen LogP contribution in [0.2, 0.25) is 0 Å². The number of carbonyl (C=O) groups excluding carboxylic acids is 2. The van der Waals surface area contributed by atoms with Crippen molar-refractivity contribution >= 4 is 24.4 Å². The maximum Gasteiger partial charge on any atom is 0.495 e. The highest BCUT2D eigenvalue weighted by atomic mass is 16.6. The highest BCUT2D eigenvalue weighted by molar-refractivity contribution is 6.61. The zero-order valence-electron chi connectivity index (χ0n) is 19.6. The number of nitrogens with zero attached hydrogens (tertiary/aromatic N) is 1. The van der Waals surface area contributed by atoms with Gasteiger partial charge in [-0.1, -0.05) is 30.2 Å². The Bertz CT molecular complexity index is 1020. The van der Waals surface area contributed by atoms with Gasteiger partial charge in [-0.2, -0.15) is 0 Å². The van der Waals surface area contributed by atoms with E-state index in [1.165, 1.54) is 5.01 Å². The van der Waals surface area contributed by atoms with Gasteiger partial charge in [-0.15, -0.1) is 0 Å². The van der Waals surface area contributed by atoms with Crippen molar-refractivity contribution in [1.29, 1.82) is 0 Å². The summed E-state index contributed by atoms with van der Waals surface area (Å²) in [5.41, 5.74) is 6.12. The number of fused-ring (bicyclic) bond motifs is 1. The molecule has 0 aromatic heterocycles. The topological polar surface area (TPSA) is 88.1 Å². The number of rotatable bonds is 4. The zero-order chi connectivity index (χ0) is 23.6. The van der Waals surface area contributed by atoms with Crippen LogP contribution in [-0.4, -0.2) is 47.7 Å². The first-order valence-electron chi connectivity index (χ1n) is 10.8. The lowest BCUT2D eigenvalue weighted by Crippen LogP contribution is -2.57. The van der Waals surface area contributed by atoms with Crippen molar-refractivity contribution in [3.05, 3.63) is 58.1 Å². The van der Waals surface area contributed by atoms with Gasteiger partial charge in [0.15, 0.2) is 0 Å². The van der Waals surface area contributed by atoms with Crippen LogP contribution in [0.3, 0.4) is 0 Å². The number of carbonyl (C=O) groups is 2. The molecule has 170 valence electrons. The van der Waals surface area contributed by atoms with Crippen LogP contribution in [0.25, 0.3) is 0 Å². The Kier molecular flexibility index (Phi) is 6.95. The van der Waals surface area contributed by atoms with E-state index < -0.39 is 18.6 Å². The summed E-state index contributed by atoms with van der Waals surface area (Å²) in [5, 5.41) is 11.6. The lowest BCUT2D eigenvalue weighted by Gasteiger charge is -2.38. The fourth-order valence-electron chi connectivity index (χ4n) is 3.76. The van der Waals surface area contributed by atoms with Gasteiger partial charge >= 0.3 is 7.12 Å². The quantitative estimate of drug-likeness (QED) is 0.566. The van der Waals surface area contributed by atoms with Gasteiger partial charge in [-0.25, -0.2) is 5.01 Å². The minimum Gasteiger partial charge on any atom is -0.491 e. The molecule has 7 nitrogen and oxygen atoms in total.